The predicted molar refractivity (Wildman–Crippen MR) is 45.7 cm³/mol. The molecule has 0 amide bonds. The molecule has 0 heterocycles. The molecule has 0 aliphatic heterocycles. The van der Waals surface area contributed by atoms with E-state index in [-0.39, 0.29) is 0 Å². The fraction of sp³-hybridized carbons (Fsp3) is 0.500. The minimum atomic E-state index is -1.02. The average molecular weight is 248 g/mol. The molecule has 0 saturated carbocycles. The van der Waals surface area contributed by atoms with E-state index in [4.69, 9.17) is 1.28 Å². The standard InChI is InChI=1S/C2H4IN2PS/c1-6-5-4-2(3)7/h6H,1H3/i6T. The van der Waals surface area contributed by atoms with Gasteiger partial charge in [0.05, 0.1) is 1.28 Å². The summed E-state index contributed by atoms with van der Waals surface area (Å²) < 4.78 is 7.37. The van der Waals surface area contributed by atoms with E-state index < -0.39 is 8.68 Å². The third kappa shape index (κ3) is 6.85. The molecule has 0 bridgehead atoms. The van der Waals surface area contributed by atoms with E-state index in [0.717, 1.165) is 0 Å². The molecule has 0 N–H and O–H groups in total. The largest absolute Gasteiger partial charge is 0.186 e. The second-order valence-corrected chi connectivity index (χ2v) is 3.36. The molecule has 0 aliphatic rings. The van der Waals surface area contributed by atoms with E-state index >= 15 is 0 Å². The third-order valence-electron chi connectivity index (χ3n) is 0.213. The first-order valence-corrected chi connectivity index (χ1v) is 4.25. The SMILES string of the molecule is [3H]P(C)N=NC(=S)I. The van der Waals surface area contributed by atoms with Crippen molar-refractivity contribution in [1.29, 1.82) is 1.28 Å². The second-order valence-electron chi connectivity index (χ2n) is 0.642. The maximum Gasteiger partial charge on any atom is 0.186 e. The summed E-state index contributed by atoms with van der Waals surface area (Å²) in [5.74, 6) is 0. The predicted octanol–water partition coefficient (Wildman–Crippen LogP) is 2.38. The Morgan fingerprint density at radius 2 is 2.71 bits per heavy atom. The first kappa shape index (κ1) is 5.98. The second kappa shape index (κ2) is 5.00. The van der Waals surface area contributed by atoms with Crippen LogP contribution in [0.3, 0.4) is 0 Å². The molecule has 0 saturated heterocycles. The van der Waals surface area contributed by atoms with Gasteiger partial charge in [-0.05, 0) is 41.5 Å². The zero-order chi connectivity index (χ0) is 6.57. The summed E-state index contributed by atoms with van der Waals surface area (Å²) in [6.07, 6.45) is 0. The Balaban J connectivity index is 3.50. The average Bonchev–Trinajstić information content (AvgIpc) is 1.61. The molecular formula is C2H4IN2PS. The van der Waals surface area contributed by atoms with Gasteiger partial charge in [-0.25, -0.2) is 0 Å². The van der Waals surface area contributed by atoms with Crippen LogP contribution in [0.25, 0.3) is 0 Å². The van der Waals surface area contributed by atoms with E-state index in [1.165, 1.54) is 0 Å². The number of rotatable bonds is 1. The highest BCUT2D eigenvalue weighted by Gasteiger charge is 1.75. The Kier molecular flexibility index (Phi) is 4.27. The summed E-state index contributed by atoms with van der Waals surface area (Å²) >= 11 is 6.44. The van der Waals surface area contributed by atoms with Crippen LogP contribution in [0.2, 0.25) is 0 Å². The lowest BCUT2D eigenvalue weighted by molar-refractivity contribution is 1.47. The molecule has 1 unspecified atom stereocenters. The first-order valence-electron chi connectivity index (χ1n) is 1.91. The van der Waals surface area contributed by atoms with Gasteiger partial charge in [0, 0.05) is 8.68 Å². The maximum atomic E-state index is 6.91. The smallest absolute Gasteiger partial charge is 0.168 e. The molecule has 7 heavy (non-hydrogen) atoms. The van der Waals surface area contributed by atoms with Crippen molar-refractivity contribution in [2.75, 3.05) is 6.66 Å². The Morgan fingerprint density at radius 3 is 2.86 bits per heavy atom. The van der Waals surface area contributed by atoms with Gasteiger partial charge in [0.15, 0.2) is 3.00 Å². The zero-order valence-electron chi connectivity index (χ0n) is 4.63. The number of halogens is 1. The molecule has 0 aromatic rings. The van der Waals surface area contributed by atoms with E-state index in [1.54, 1.807) is 6.66 Å². The summed E-state index contributed by atoms with van der Waals surface area (Å²) in [7, 11) is -1.02. The van der Waals surface area contributed by atoms with Crippen LogP contribution < -0.4 is 0 Å². The minimum Gasteiger partial charge on any atom is -0.168 e. The zero-order valence-corrected chi connectivity index (χ0v) is 7.50. The Labute approximate surface area is 64.4 Å². The quantitative estimate of drug-likeness (QED) is 0.174. The molecule has 0 aliphatic carbocycles. The minimum absolute atomic E-state index is 0.462. The van der Waals surface area contributed by atoms with Crippen LogP contribution in [0.15, 0.2) is 10.00 Å². The van der Waals surface area contributed by atoms with Crippen molar-refractivity contribution >= 4 is 46.5 Å². The Morgan fingerprint density at radius 1 is 2.14 bits per heavy atom. The summed E-state index contributed by atoms with van der Waals surface area (Å²) in [5, 5.41) is 3.51. The van der Waals surface area contributed by atoms with Gasteiger partial charge in [-0.15, -0.1) is 5.11 Å². The highest BCUT2D eigenvalue weighted by atomic mass is 127. The van der Waals surface area contributed by atoms with Gasteiger partial charge >= 0.3 is 0 Å². The van der Waals surface area contributed by atoms with Gasteiger partial charge in [0.1, 0.15) is 0 Å². The summed E-state index contributed by atoms with van der Waals surface area (Å²) in [5.41, 5.74) is 0. The van der Waals surface area contributed by atoms with E-state index in [0.29, 0.717) is 3.00 Å². The highest BCUT2D eigenvalue weighted by molar-refractivity contribution is 14.1. The van der Waals surface area contributed by atoms with Crippen LogP contribution in [0.4, 0.5) is 0 Å². The molecule has 0 rings (SSSR count). The van der Waals surface area contributed by atoms with Gasteiger partial charge in [0.25, 0.3) is 0 Å². The molecule has 0 fully saturated rings. The number of hydrogen-bond acceptors (Lipinski definition) is 2. The summed E-state index contributed by atoms with van der Waals surface area (Å²) in [6.45, 7) is 1.69. The summed E-state index contributed by atoms with van der Waals surface area (Å²) in [4.78, 5) is 3.53. The topological polar surface area (TPSA) is 24.7 Å². The monoisotopic (exact) mass is 248 g/mol. The third-order valence-corrected chi connectivity index (χ3v) is 0.779. The summed E-state index contributed by atoms with van der Waals surface area (Å²) in [6, 6.07) is 0. The lowest BCUT2D eigenvalue weighted by Gasteiger charge is -1.75. The molecule has 0 radical (unpaired) electrons. The van der Waals surface area contributed by atoms with Crippen molar-refractivity contribution in [3.63, 3.8) is 0 Å². The number of hydrogen-bond donors (Lipinski definition) is 0. The van der Waals surface area contributed by atoms with E-state index in [1.807, 2.05) is 22.6 Å². The Hall–Kier alpha value is 0.850. The molecular weight excluding hydrogens is 242 g/mol. The van der Waals surface area contributed by atoms with Gasteiger partial charge in [-0.3, -0.25) is 0 Å². The molecule has 0 spiro atoms. The molecule has 1 atom stereocenters. The fourth-order valence-corrected chi connectivity index (χ4v) is 0.639. The molecule has 5 heteroatoms. The molecule has 0 aromatic carbocycles. The first-order chi connectivity index (χ1) is 3.63. The van der Waals surface area contributed by atoms with Crippen LogP contribution in [-0.2, 0) is 0 Å². The van der Waals surface area contributed by atoms with E-state index in [2.05, 4.69) is 22.2 Å². The number of thiocarbonyl (C=S) groups is 1. The van der Waals surface area contributed by atoms with Crippen LogP contribution in [0.5, 0.6) is 0 Å². The van der Waals surface area contributed by atoms with Gasteiger partial charge in [-0.1, -0.05) is 0 Å². The highest BCUT2D eigenvalue weighted by Crippen LogP contribution is 2.05. The maximum absolute atomic E-state index is 6.91. The van der Waals surface area contributed by atoms with Gasteiger partial charge in [-0.2, -0.15) is 4.88 Å². The molecule has 40 valence electrons. The van der Waals surface area contributed by atoms with Crippen molar-refractivity contribution in [1.82, 2.24) is 0 Å². The van der Waals surface area contributed by atoms with Crippen LogP contribution in [0.1, 0.15) is 0 Å². The Bertz CT molecular complexity index is 117. The molecule has 0 aromatic heterocycles. The van der Waals surface area contributed by atoms with Crippen LogP contribution in [-0.4, -0.2) is 10.9 Å². The van der Waals surface area contributed by atoms with Crippen LogP contribution >= 0.6 is 43.5 Å². The van der Waals surface area contributed by atoms with Crippen molar-refractivity contribution in [3.05, 3.63) is 0 Å². The lowest BCUT2D eigenvalue weighted by Crippen LogP contribution is -1.62. The van der Waals surface area contributed by atoms with Crippen molar-refractivity contribution < 1.29 is 0 Å². The van der Waals surface area contributed by atoms with Crippen molar-refractivity contribution in [3.8, 4) is 0 Å². The van der Waals surface area contributed by atoms with E-state index in [9.17, 15) is 0 Å². The normalized spacial score (nSPS) is 16.6. The van der Waals surface area contributed by atoms with Crippen molar-refractivity contribution in [2.24, 2.45) is 10.00 Å². The number of nitrogens with zero attached hydrogens (tertiary/aromatic N) is 2. The van der Waals surface area contributed by atoms with Crippen molar-refractivity contribution in [2.45, 2.75) is 0 Å². The van der Waals surface area contributed by atoms with Gasteiger partial charge in [0.2, 0.25) is 0 Å². The van der Waals surface area contributed by atoms with Crippen LogP contribution in [0, 0.1) is 0 Å². The molecule has 2 nitrogen and oxygen atoms in total. The fourth-order valence-electron chi connectivity index (χ4n) is 0.0799. The lowest BCUT2D eigenvalue weighted by atomic mass is 11.5. The van der Waals surface area contributed by atoms with Gasteiger partial charge < -0.3 is 0 Å².